The topological polar surface area (TPSA) is 32.3 Å². The molecular formula is C15H23F3N2O. The summed E-state index contributed by atoms with van der Waals surface area (Å²) in [5.41, 5.74) is 0. The maximum absolute atomic E-state index is 12.7. The smallest absolute Gasteiger partial charge is 0.352 e. The normalized spacial score (nSPS) is 36.1. The van der Waals surface area contributed by atoms with Gasteiger partial charge in [0.25, 0.3) is 0 Å². The van der Waals surface area contributed by atoms with Crippen LogP contribution in [0.2, 0.25) is 0 Å². The van der Waals surface area contributed by atoms with E-state index < -0.39 is 12.1 Å². The first-order valence-electron chi connectivity index (χ1n) is 8.06. The molecule has 1 N–H and O–H groups in total. The molecule has 1 saturated carbocycles. The van der Waals surface area contributed by atoms with Crippen LogP contribution in [0.4, 0.5) is 13.2 Å². The maximum Gasteiger partial charge on any atom is 0.391 e. The van der Waals surface area contributed by atoms with Crippen molar-refractivity contribution < 1.29 is 18.0 Å². The Morgan fingerprint density at radius 3 is 2.38 bits per heavy atom. The summed E-state index contributed by atoms with van der Waals surface area (Å²) in [4.78, 5) is 14.2. The van der Waals surface area contributed by atoms with Crippen LogP contribution < -0.4 is 5.32 Å². The number of halogens is 3. The van der Waals surface area contributed by atoms with Crippen LogP contribution in [0.5, 0.6) is 0 Å². The zero-order chi connectivity index (χ0) is 15.0. The Kier molecular flexibility index (Phi) is 4.17. The van der Waals surface area contributed by atoms with Crippen LogP contribution in [0.1, 0.15) is 44.9 Å². The first-order chi connectivity index (χ1) is 9.95. The van der Waals surface area contributed by atoms with Crippen molar-refractivity contribution in [1.82, 2.24) is 10.2 Å². The van der Waals surface area contributed by atoms with E-state index in [1.54, 1.807) is 0 Å². The minimum absolute atomic E-state index is 0.0311. The highest BCUT2D eigenvalue weighted by atomic mass is 19.4. The van der Waals surface area contributed by atoms with E-state index in [1.807, 2.05) is 4.90 Å². The molecule has 3 atom stereocenters. The molecule has 0 radical (unpaired) electrons. The molecule has 3 fully saturated rings. The summed E-state index contributed by atoms with van der Waals surface area (Å²) >= 11 is 0. The number of carbonyl (C=O) groups excluding carboxylic acids is 1. The number of fused-ring (bicyclic) bond motifs is 1. The summed E-state index contributed by atoms with van der Waals surface area (Å²) in [5.74, 6) is -0.645. The number of hydrogen-bond acceptors (Lipinski definition) is 2. The maximum atomic E-state index is 12.7. The van der Waals surface area contributed by atoms with Gasteiger partial charge in [-0.05, 0) is 51.1 Å². The molecule has 1 amide bonds. The molecule has 3 unspecified atom stereocenters. The standard InChI is InChI=1S/C15H23F3N2O/c16-15(17,18)11-5-7-20(8-6-11)13-9-10-3-1-2-4-12(10)19-14(13)21/h10-13H,1-9H2,(H,19,21). The van der Waals surface area contributed by atoms with E-state index in [4.69, 9.17) is 0 Å². The van der Waals surface area contributed by atoms with Crippen molar-refractivity contribution >= 4 is 5.91 Å². The minimum Gasteiger partial charge on any atom is -0.352 e. The van der Waals surface area contributed by atoms with Crippen LogP contribution in [-0.2, 0) is 4.79 Å². The molecule has 6 heteroatoms. The molecule has 0 bridgehead atoms. The van der Waals surface area contributed by atoms with Crippen LogP contribution >= 0.6 is 0 Å². The van der Waals surface area contributed by atoms with Crippen LogP contribution in [0.25, 0.3) is 0 Å². The largest absolute Gasteiger partial charge is 0.391 e. The zero-order valence-corrected chi connectivity index (χ0v) is 12.2. The number of amides is 1. The van der Waals surface area contributed by atoms with Crippen molar-refractivity contribution in [2.75, 3.05) is 13.1 Å². The van der Waals surface area contributed by atoms with E-state index in [0.29, 0.717) is 25.0 Å². The minimum atomic E-state index is -4.09. The molecule has 3 aliphatic rings. The van der Waals surface area contributed by atoms with E-state index >= 15 is 0 Å². The Morgan fingerprint density at radius 1 is 1.05 bits per heavy atom. The number of hydrogen-bond donors (Lipinski definition) is 1. The van der Waals surface area contributed by atoms with Crippen molar-refractivity contribution in [3.8, 4) is 0 Å². The van der Waals surface area contributed by atoms with Crippen LogP contribution in [0.3, 0.4) is 0 Å². The van der Waals surface area contributed by atoms with Gasteiger partial charge in [0.2, 0.25) is 5.91 Å². The second-order valence-corrected chi connectivity index (χ2v) is 6.76. The molecule has 0 aromatic heterocycles. The quantitative estimate of drug-likeness (QED) is 0.808. The lowest BCUT2D eigenvalue weighted by Crippen LogP contribution is -2.59. The van der Waals surface area contributed by atoms with Crippen molar-refractivity contribution in [3.05, 3.63) is 0 Å². The van der Waals surface area contributed by atoms with Gasteiger partial charge in [-0.3, -0.25) is 9.69 Å². The first kappa shape index (κ1) is 15.1. The van der Waals surface area contributed by atoms with E-state index in [-0.39, 0.29) is 24.8 Å². The van der Waals surface area contributed by atoms with Gasteiger partial charge in [0.1, 0.15) is 0 Å². The molecular weight excluding hydrogens is 281 g/mol. The zero-order valence-electron chi connectivity index (χ0n) is 12.2. The lowest BCUT2D eigenvalue weighted by atomic mass is 9.77. The molecule has 0 aromatic rings. The average Bonchev–Trinajstić information content (AvgIpc) is 2.46. The van der Waals surface area contributed by atoms with Gasteiger partial charge in [-0.25, -0.2) is 0 Å². The summed E-state index contributed by atoms with van der Waals surface area (Å²) in [6, 6.07) is 0.0914. The third-order valence-electron chi connectivity index (χ3n) is 5.50. The molecule has 2 aliphatic heterocycles. The Morgan fingerprint density at radius 2 is 1.71 bits per heavy atom. The van der Waals surface area contributed by atoms with Gasteiger partial charge >= 0.3 is 6.18 Å². The van der Waals surface area contributed by atoms with E-state index in [9.17, 15) is 18.0 Å². The number of nitrogens with one attached hydrogen (secondary N) is 1. The number of carbonyl (C=O) groups is 1. The summed E-state index contributed by atoms with van der Waals surface area (Å²) in [6.07, 6.45) is 1.56. The number of likely N-dealkylation sites (tertiary alicyclic amines) is 1. The second-order valence-electron chi connectivity index (χ2n) is 6.76. The first-order valence-corrected chi connectivity index (χ1v) is 8.06. The number of piperidine rings is 2. The van der Waals surface area contributed by atoms with Gasteiger partial charge < -0.3 is 5.32 Å². The number of alkyl halides is 3. The molecule has 2 heterocycles. The highest BCUT2D eigenvalue weighted by Gasteiger charge is 2.44. The Hall–Kier alpha value is -0.780. The van der Waals surface area contributed by atoms with Crippen molar-refractivity contribution in [2.45, 2.75) is 63.2 Å². The van der Waals surface area contributed by atoms with Crippen molar-refractivity contribution in [1.29, 1.82) is 0 Å². The van der Waals surface area contributed by atoms with E-state index in [2.05, 4.69) is 5.32 Å². The van der Waals surface area contributed by atoms with Gasteiger partial charge in [0, 0.05) is 6.04 Å². The number of rotatable bonds is 1. The number of nitrogens with zero attached hydrogens (tertiary/aromatic N) is 1. The fourth-order valence-electron chi connectivity index (χ4n) is 4.21. The second kappa shape index (κ2) is 5.78. The third kappa shape index (κ3) is 3.20. The van der Waals surface area contributed by atoms with Gasteiger partial charge in [-0.2, -0.15) is 13.2 Å². The fraction of sp³-hybridized carbons (Fsp3) is 0.933. The monoisotopic (exact) mass is 304 g/mol. The molecule has 2 saturated heterocycles. The van der Waals surface area contributed by atoms with Gasteiger partial charge in [-0.1, -0.05) is 12.8 Å². The molecule has 1 aliphatic carbocycles. The highest BCUT2D eigenvalue weighted by molar-refractivity contribution is 5.83. The highest BCUT2D eigenvalue weighted by Crippen LogP contribution is 2.37. The molecule has 0 aromatic carbocycles. The van der Waals surface area contributed by atoms with Crippen LogP contribution in [0.15, 0.2) is 0 Å². The lowest BCUT2D eigenvalue weighted by Gasteiger charge is -2.45. The predicted octanol–water partition coefficient (Wildman–Crippen LogP) is 2.71. The van der Waals surface area contributed by atoms with Gasteiger partial charge in [0.15, 0.2) is 0 Å². The average molecular weight is 304 g/mol. The van der Waals surface area contributed by atoms with E-state index in [1.165, 1.54) is 12.8 Å². The summed E-state index contributed by atoms with van der Waals surface area (Å²) < 4.78 is 38.1. The third-order valence-corrected chi connectivity index (χ3v) is 5.50. The fourth-order valence-corrected chi connectivity index (χ4v) is 4.21. The SMILES string of the molecule is O=C1NC2CCCCC2CC1N1CCC(C(F)(F)F)CC1. The van der Waals surface area contributed by atoms with Crippen molar-refractivity contribution in [2.24, 2.45) is 11.8 Å². The molecule has 21 heavy (non-hydrogen) atoms. The molecule has 3 rings (SSSR count). The van der Waals surface area contributed by atoms with Gasteiger partial charge in [0.05, 0.1) is 12.0 Å². The molecule has 120 valence electrons. The Labute approximate surface area is 123 Å². The summed E-state index contributed by atoms with van der Waals surface area (Å²) in [5, 5.41) is 3.10. The van der Waals surface area contributed by atoms with Gasteiger partial charge in [-0.15, -0.1) is 0 Å². The summed E-state index contributed by atoms with van der Waals surface area (Å²) in [7, 11) is 0. The summed E-state index contributed by atoms with van der Waals surface area (Å²) in [6.45, 7) is 0.777. The molecule has 3 nitrogen and oxygen atoms in total. The molecule has 0 spiro atoms. The predicted molar refractivity (Wildman–Crippen MR) is 72.6 cm³/mol. The lowest BCUT2D eigenvalue weighted by molar-refractivity contribution is -0.186. The van der Waals surface area contributed by atoms with Crippen LogP contribution in [-0.4, -0.2) is 42.2 Å². The van der Waals surface area contributed by atoms with Crippen LogP contribution in [0, 0.1) is 11.8 Å². The van der Waals surface area contributed by atoms with E-state index in [0.717, 1.165) is 19.3 Å². The Bertz CT molecular complexity index is 391. The Balaban J connectivity index is 1.59. The van der Waals surface area contributed by atoms with Crippen molar-refractivity contribution in [3.63, 3.8) is 0 Å².